The summed E-state index contributed by atoms with van der Waals surface area (Å²) in [6.07, 6.45) is 2.94. The van der Waals surface area contributed by atoms with Gasteiger partial charge in [0, 0.05) is 24.7 Å². The lowest BCUT2D eigenvalue weighted by Gasteiger charge is -2.09. The summed E-state index contributed by atoms with van der Waals surface area (Å²) in [6, 6.07) is 2.31. The van der Waals surface area contributed by atoms with Crippen LogP contribution >= 0.6 is 11.3 Å². The third-order valence-electron chi connectivity index (χ3n) is 2.71. The topological polar surface area (TPSA) is 42.7 Å². The van der Waals surface area contributed by atoms with Crippen molar-refractivity contribution in [3.8, 4) is 10.7 Å². The molecule has 5 heteroatoms. The number of nitrogens with one attached hydrogen (secondary N) is 1. The van der Waals surface area contributed by atoms with E-state index in [0.29, 0.717) is 6.04 Å². The Labute approximate surface area is 106 Å². The summed E-state index contributed by atoms with van der Waals surface area (Å²) < 4.78 is 1.85. The normalized spacial score (nSPS) is 12.9. The van der Waals surface area contributed by atoms with Crippen LogP contribution in [0.25, 0.3) is 10.7 Å². The summed E-state index contributed by atoms with van der Waals surface area (Å²) in [5.74, 6) is 0. The van der Waals surface area contributed by atoms with Crippen LogP contribution < -0.4 is 5.32 Å². The van der Waals surface area contributed by atoms with Gasteiger partial charge in [-0.05, 0) is 26.0 Å². The molecule has 0 aliphatic heterocycles. The summed E-state index contributed by atoms with van der Waals surface area (Å²) in [7, 11) is 1.94. The molecule has 17 heavy (non-hydrogen) atoms. The molecule has 2 aromatic rings. The van der Waals surface area contributed by atoms with Crippen LogP contribution in [0.5, 0.6) is 0 Å². The monoisotopic (exact) mass is 250 g/mol. The van der Waals surface area contributed by atoms with Crippen molar-refractivity contribution < 1.29 is 0 Å². The van der Waals surface area contributed by atoms with E-state index in [9.17, 15) is 0 Å². The maximum atomic E-state index is 4.66. The number of aromatic nitrogens is 3. The van der Waals surface area contributed by atoms with Crippen molar-refractivity contribution in [2.24, 2.45) is 7.05 Å². The molecule has 4 nitrogen and oxygen atoms in total. The fraction of sp³-hybridized carbons (Fsp3) is 0.500. The maximum absolute atomic E-state index is 4.66. The van der Waals surface area contributed by atoms with E-state index in [1.165, 1.54) is 0 Å². The predicted octanol–water partition coefficient (Wildman–Crippen LogP) is 2.60. The van der Waals surface area contributed by atoms with Crippen molar-refractivity contribution in [2.75, 3.05) is 6.54 Å². The Morgan fingerprint density at radius 1 is 1.53 bits per heavy atom. The molecule has 0 saturated heterocycles. The average molecular weight is 250 g/mol. The van der Waals surface area contributed by atoms with Crippen LogP contribution in [-0.2, 0) is 7.05 Å². The molecule has 1 N–H and O–H groups in total. The summed E-state index contributed by atoms with van der Waals surface area (Å²) >= 11 is 1.67. The first-order valence-electron chi connectivity index (χ1n) is 5.89. The third kappa shape index (κ3) is 2.73. The SMILES string of the molecule is CCCNC(C)c1csc(-c2ccnn2C)n1. The molecule has 0 saturated carbocycles. The van der Waals surface area contributed by atoms with Gasteiger partial charge in [0.15, 0.2) is 0 Å². The van der Waals surface area contributed by atoms with Gasteiger partial charge in [-0.1, -0.05) is 6.92 Å². The molecule has 0 fully saturated rings. The molecule has 0 radical (unpaired) electrons. The van der Waals surface area contributed by atoms with Gasteiger partial charge in [-0.2, -0.15) is 5.10 Å². The van der Waals surface area contributed by atoms with Crippen LogP contribution in [0.2, 0.25) is 0 Å². The van der Waals surface area contributed by atoms with Gasteiger partial charge in [-0.3, -0.25) is 4.68 Å². The minimum Gasteiger partial charge on any atom is -0.309 e. The Bertz CT molecular complexity index is 474. The second-order valence-electron chi connectivity index (χ2n) is 4.09. The minimum atomic E-state index is 0.313. The molecule has 2 aromatic heterocycles. The number of hydrogen-bond acceptors (Lipinski definition) is 4. The first kappa shape index (κ1) is 12.3. The van der Waals surface area contributed by atoms with Crippen LogP contribution in [0, 0.1) is 0 Å². The zero-order valence-electron chi connectivity index (χ0n) is 10.5. The lowest BCUT2D eigenvalue weighted by atomic mass is 10.2. The standard InChI is InChI=1S/C12H18N4S/c1-4-6-13-9(2)10-8-17-12(15-10)11-5-7-14-16(11)3/h5,7-9,13H,4,6H2,1-3H3. The molecular weight excluding hydrogens is 232 g/mol. The highest BCUT2D eigenvalue weighted by atomic mass is 32.1. The third-order valence-corrected chi connectivity index (χ3v) is 3.59. The Morgan fingerprint density at radius 2 is 2.35 bits per heavy atom. The van der Waals surface area contributed by atoms with Gasteiger partial charge in [0.05, 0.1) is 11.4 Å². The van der Waals surface area contributed by atoms with E-state index in [1.54, 1.807) is 17.5 Å². The van der Waals surface area contributed by atoms with Crippen LogP contribution in [0.3, 0.4) is 0 Å². The Morgan fingerprint density at radius 3 is 3.00 bits per heavy atom. The lowest BCUT2D eigenvalue weighted by molar-refractivity contribution is 0.561. The summed E-state index contributed by atoms with van der Waals surface area (Å²) in [5.41, 5.74) is 2.18. The molecule has 0 aliphatic rings. The highest BCUT2D eigenvalue weighted by molar-refractivity contribution is 7.13. The summed E-state index contributed by atoms with van der Waals surface area (Å²) in [6.45, 7) is 5.35. The number of nitrogens with zero attached hydrogens (tertiary/aromatic N) is 3. The van der Waals surface area contributed by atoms with E-state index in [4.69, 9.17) is 0 Å². The van der Waals surface area contributed by atoms with Gasteiger partial charge >= 0.3 is 0 Å². The maximum Gasteiger partial charge on any atom is 0.141 e. The molecule has 0 aromatic carbocycles. The molecule has 0 spiro atoms. The van der Waals surface area contributed by atoms with Crippen LogP contribution in [0.15, 0.2) is 17.6 Å². The second-order valence-corrected chi connectivity index (χ2v) is 4.95. The van der Waals surface area contributed by atoms with Gasteiger partial charge in [0.25, 0.3) is 0 Å². The van der Waals surface area contributed by atoms with Crippen molar-refractivity contribution in [1.29, 1.82) is 0 Å². The van der Waals surface area contributed by atoms with E-state index in [2.05, 4.69) is 34.6 Å². The van der Waals surface area contributed by atoms with Crippen LogP contribution in [0.4, 0.5) is 0 Å². The zero-order valence-corrected chi connectivity index (χ0v) is 11.3. The molecule has 2 rings (SSSR count). The van der Waals surface area contributed by atoms with E-state index < -0.39 is 0 Å². The van der Waals surface area contributed by atoms with Crippen LogP contribution in [0.1, 0.15) is 32.0 Å². The fourth-order valence-electron chi connectivity index (χ4n) is 1.65. The van der Waals surface area contributed by atoms with Crippen LogP contribution in [-0.4, -0.2) is 21.3 Å². The van der Waals surface area contributed by atoms with E-state index >= 15 is 0 Å². The molecule has 2 heterocycles. The minimum absolute atomic E-state index is 0.313. The van der Waals surface area contributed by atoms with E-state index in [-0.39, 0.29) is 0 Å². The molecule has 0 bridgehead atoms. The Hall–Kier alpha value is -1.20. The second kappa shape index (κ2) is 5.42. The Kier molecular flexibility index (Phi) is 3.91. The summed E-state index contributed by atoms with van der Waals surface area (Å²) in [4.78, 5) is 4.66. The summed E-state index contributed by atoms with van der Waals surface area (Å²) in [5, 5.41) is 10.8. The molecular formula is C12H18N4S. The number of thiazole rings is 1. The number of hydrogen-bond donors (Lipinski definition) is 1. The fourth-order valence-corrected chi connectivity index (χ4v) is 2.62. The molecule has 1 atom stereocenters. The molecule has 1 unspecified atom stereocenters. The number of rotatable bonds is 5. The first-order chi connectivity index (χ1) is 8.22. The van der Waals surface area contributed by atoms with Crippen molar-refractivity contribution in [1.82, 2.24) is 20.1 Å². The van der Waals surface area contributed by atoms with Crippen molar-refractivity contribution >= 4 is 11.3 Å². The highest BCUT2D eigenvalue weighted by Crippen LogP contribution is 2.25. The van der Waals surface area contributed by atoms with Gasteiger partial charge in [-0.15, -0.1) is 11.3 Å². The van der Waals surface area contributed by atoms with E-state index in [1.807, 2.05) is 17.8 Å². The largest absolute Gasteiger partial charge is 0.309 e. The zero-order chi connectivity index (χ0) is 12.3. The molecule has 0 amide bonds. The quantitative estimate of drug-likeness (QED) is 0.887. The van der Waals surface area contributed by atoms with Gasteiger partial charge in [0.2, 0.25) is 0 Å². The predicted molar refractivity (Wildman–Crippen MR) is 71.0 cm³/mol. The molecule has 0 aliphatic carbocycles. The van der Waals surface area contributed by atoms with Gasteiger partial charge in [0.1, 0.15) is 5.01 Å². The van der Waals surface area contributed by atoms with E-state index in [0.717, 1.165) is 29.4 Å². The van der Waals surface area contributed by atoms with Crippen molar-refractivity contribution in [3.63, 3.8) is 0 Å². The Balaban J connectivity index is 2.13. The first-order valence-corrected chi connectivity index (χ1v) is 6.77. The van der Waals surface area contributed by atoms with Crippen molar-refractivity contribution in [3.05, 3.63) is 23.3 Å². The average Bonchev–Trinajstić information content (AvgIpc) is 2.93. The number of aryl methyl sites for hydroxylation is 1. The lowest BCUT2D eigenvalue weighted by Crippen LogP contribution is -2.19. The van der Waals surface area contributed by atoms with Gasteiger partial charge < -0.3 is 5.32 Å². The highest BCUT2D eigenvalue weighted by Gasteiger charge is 2.12. The molecule has 92 valence electrons. The van der Waals surface area contributed by atoms with Gasteiger partial charge in [-0.25, -0.2) is 4.98 Å². The van der Waals surface area contributed by atoms with Crippen molar-refractivity contribution in [2.45, 2.75) is 26.3 Å². The smallest absolute Gasteiger partial charge is 0.141 e.